The van der Waals surface area contributed by atoms with Gasteiger partial charge in [0.05, 0.1) is 0 Å². The van der Waals surface area contributed by atoms with Crippen molar-refractivity contribution in [3.8, 4) is 0 Å². The first-order valence-corrected chi connectivity index (χ1v) is 6.66. The van der Waals surface area contributed by atoms with Gasteiger partial charge in [-0.15, -0.1) is 11.6 Å². The van der Waals surface area contributed by atoms with Crippen LogP contribution in [0.15, 0.2) is 24.3 Å². The van der Waals surface area contributed by atoms with Crippen molar-refractivity contribution in [2.45, 2.75) is 12.5 Å². The molecule has 0 saturated heterocycles. The molecule has 5 nitrogen and oxygen atoms in total. The van der Waals surface area contributed by atoms with Crippen LogP contribution < -0.4 is 10.5 Å². The van der Waals surface area contributed by atoms with Gasteiger partial charge in [0.1, 0.15) is 22.2 Å². The summed E-state index contributed by atoms with van der Waals surface area (Å²) in [6.45, 7) is 0. The number of carboxylic acid groups (broad SMARTS) is 1. The Kier molecular flexibility index (Phi) is 5.40. The lowest BCUT2D eigenvalue weighted by atomic mass is 10.1. The number of hydrogen-bond acceptors (Lipinski definition) is 3. The van der Waals surface area contributed by atoms with E-state index in [1.54, 1.807) is 24.3 Å². The number of nitrogens with one attached hydrogen (secondary N) is 1. The summed E-state index contributed by atoms with van der Waals surface area (Å²) in [6, 6.07) is 5.98. The number of carboxylic acids is 1. The Balaban J connectivity index is 2.72. The summed E-state index contributed by atoms with van der Waals surface area (Å²) >= 11 is 5.41. The molecule has 1 unspecified atom stereocenters. The molecule has 0 fully saturated rings. The average Bonchev–Trinajstić information content (AvgIpc) is 2.29. The second-order valence-corrected chi connectivity index (χ2v) is 5.17. The van der Waals surface area contributed by atoms with E-state index in [-0.39, 0.29) is 11.6 Å². The summed E-state index contributed by atoms with van der Waals surface area (Å²) in [5.41, 5.74) is 6.81. The van der Waals surface area contributed by atoms with Crippen LogP contribution >= 0.6 is 11.6 Å². The topological polar surface area (TPSA) is 92.4 Å². The number of aliphatic carboxylic acids is 1. The quantitative estimate of drug-likeness (QED) is 0.674. The molecule has 0 aliphatic rings. The second-order valence-electron chi connectivity index (χ2n) is 3.41. The van der Waals surface area contributed by atoms with E-state index in [1.165, 1.54) is 0 Å². The van der Waals surface area contributed by atoms with Crippen molar-refractivity contribution in [1.82, 2.24) is 0 Å². The van der Waals surface area contributed by atoms with Crippen LogP contribution in [0, 0.1) is 0 Å². The first kappa shape index (κ1) is 14.0. The molecule has 7 heteroatoms. The van der Waals surface area contributed by atoms with Crippen LogP contribution in [0.2, 0.25) is 0 Å². The standard InChI is InChI=1S/C10H13ClN2O3S/c11-6-17(16)13-8-3-1-2-7(4-8)5-9(12)10(14)15/h1-4,9,13H,5-6,12H2,(H,14,15)/t9-,17?/m0/s1. The normalized spacial score (nSPS) is 14.0. The Morgan fingerprint density at radius 2 is 2.29 bits per heavy atom. The number of hydrogen-bond donors (Lipinski definition) is 3. The molecule has 1 aromatic carbocycles. The maximum atomic E-state index is 11.2. The maximum Gasteiger partial charge on any atom is 0.320 e. The molecule has 0 saturated carbocycles. The van der Waals surface area contributed by atoms with Crippen LogP contribution in [0.25, 0.3) is 0 Å². The zero-order valence-corrected chi connectivity index (χ0v) is 10.5. The molecule has 0 radical (unpaired) electrons. The largest absolute Gasteiger partial charge is 0.480 e. The molecule has 2 atom stereocenters. The average molecular weight is 277 g/mol. The third-order valence-electron chi connectivity index (χ3n) is 2.03. The van der Waals surface area contributed by atoms with E-state index in [0.29, 0.717) is 5.69 Å². The first-order valence-electron chi connectivity index (χ1n) is 4.81. The summed E-state index contributed by atoms with van der Waals surface area (Å²) < 4.78 is 13.9. The summed E-state index contributed by atoms with van der Waals surface area (Å²) in [5.74, 6) is -1.05. The van der Waals surface area contributed by atoms with E-state index in [4.69, 9.17) is 22.4 Å². The predicted molar refractivity (Wildman–Crippen MR) is 68.2 cm³/mol. The maximum absolute atomic E-state index is 11.2. The molecule has 0 spiro atoms. The zero-order valence-electron chi connectivity index (χ0n) is 8.93. The Morgan fingerprint density at radius 3 is 2.88 bits per heavy atom. The van der Waals surface area contributed by atoms with Crippen LogP contribution in [-0.4, -0.2) is 26.5 Å². The minimum atomic E-state index is -1.34. The van der Waals surface area contributed by atoms with Crippen molar-refractivity contribution in [1.29, 1.82) is 0 Å². The van der Waals surface area contributed by atoms with E-state index in [9.17, 15) is 9.00 Å². The molecule has 94 valence electrons. The van der Waals surface area contributed by atoms with Crippen molar-refractivity contribution in [2.75, 3.05) is 9.93 Å². The molecule has 0 bridgehead atoms. The highest BCUT2D eigenvalue weighted by atomic mass is 35.5. The van der Waals surface area contributed by atoms with Crippen LogP contribution in [0.5, 0.6) is 0 Å². The molecule has 0 heterocycles. The molecule has 0 amide bonds. The van der Waals surface area contributed by atoms with Crippen LogP contribution in [-0.2, 0) is 22.2 Å². The number of anilines is 1. The van der Waals surface area contributed by atoms with Gasteiger partial charge in [-0.2, -0.15) is 0 Å². The monoisotopic (exact) mass is 276 g/mol. The van der Waals surface area contributed by atoms with Crippen molar-refractivity contribution < 1.29 is 14.1 Å². The third-order valence-corrected chi connectivity index (χ3v) is 3.29. The number of nitrogens with two attached hydrogens (primary N) is 1. The SMILES string of the molecule is N[C@@H](Cc1cccc(NS(=O)CCl)c1)C(=O)O. The summed E-state index contributed by atoms with van der Waals surface area (Å²) in [6.07, 6.45) is 0.221. The number of rotatable bonds is 6. The van der Waals surface area contributed by atoms with Crippen LogP contribution in [0.1, 0.15) is 5.56 Å². The van der Waals surface area contributed by atoms with Gasteiger partial charge in [0.15, 0.2) is 0 Å². The lowest BCUT2D eigenvalue weighted by Gasteiger charge is -2.09. The number of alkyl halides is 1. The van der Waals surface area contributed by atoms with Gasteiger partial charge in [-0.3, -0.25) is 4.79 Å². The Labute approximate surface area is 107 Å². The number of halogens is 1. The molecular formula is C10H13ClN2O3S. The van der Waals surface area contributed by atoms with Gasteiger partial charge in [0, 0.05) is 5.69 Å². The van der Waals surface area contributed by atoms with Crippen LogP contribution in [0.3, 0.4) is 0 Å². The molecule has 0 aliphatic heterocycles. The molecule has 1 rings (SSSR count). The fraction of sp³-hybridized carbons (Fsp3) is 0.300. The van der Waals surface area contributed by atoms with Gasteiger partial charge < -0.3 is 15.6 Å². The fourth-order valence-corrected chi connectivity index (χ4v) is 1.87. The fourth-order valence-electron chi connectivity index (χ4n) is 1.26. The number of benzene rings is 1. The first-order chi connectivity index (χ1) is 8.02. The molecule has 1 aromatic rings. The Morgan fingerprint density at radius 1 is 1.59 bits per heavy atom. The highest BCUT2D eigenvalue weighted by molar-refractivity contribution is 7.87. The van der Waals surface area contributed by atoms with Crippen molar-refractivity contribution >= 4 is 34.2 Å². The van der Waals surface area contributed by atoms with E-state index in [0.717, 1.165) is 5.56 Å². The minimum absolute atomic E-state index is 0.0150. The zero-order chi connectivity index (χ0) is 12.8. The van der Waals surface area contributed by atoms with Gasteiger partial charge in [-0.1, -0.05) is 12.1 Å². The Bertz CT molecular complexity index is 428. The molecule has 17 heavy (non-hydrogen) atoms. The number of carbonyl (C=O) groups is 1. The van der Waals surface area contributed by atoms with Gasteiger partial charge >= 0.3 is 5.97 Å². The second kappa shape index (κ2) is 6.58. The molecular weight excluding hydrogens is 264 g/mol. The third kappa shape index (κ3) is 4.72. The summed E-state index contributed by atoms with van der Waals surface area (Å²) in [5, 5.41) is 8.67. The Hall–Kier alpha value is -1.11. The van der Waals surface area contributed by atoms with E-state index in [2.05, 4.69) is 4.72 Å². The van der Waals surface area contributed by atoms with Gasteiger partial charge in [-0.25, -0.2) is 4.21 Å². The van der Waals surface area contributed by atoms with E-state index >= 15 is 0 Å². The van der Waals surface area contributed by atoms with Gasteiger partial charge in [0.2, 0.25) is 0 Å². The molecule has 0 aliphatic carbocycles. The highest BCUT2D eigenvalue weighted by Crippen LogP contribution is 2.13. The van der Waals surface area contributed by atoms with Crippen molar-refractivity contribution in [3.63, 3.8) is 0 Å². The summed E-state index contributed by atoms with van der Waals surface area (Å²) in [7, 11) is -1.34. The van der Waals surface area contributed by atoms with Crippen LogP contribution in [0.4, 0.5) is 5.69 Å². The minimum Gasteiger partial charge on any atom is -0.480 e. The molecule has 0 aromatic heterocycles. The van der Waals surface area contributed by atoms with Crippen molar-refractivity contribution in [2.24, 2.45) is 5.73 Å². The molecule has 4 N–H and O–H groups in total. The van der Waals surface area contributed by atoms with Gasteiger partial charge in [0.25, 0.3) is 0 Å². The lowest BCUT2D eigenvalue weighted by molar-refractivity contribution is -0.138. The van der Waals surface area contributed by atoms with E-state index < -0.39 is 23.0 Å². The van der Waals surface area contributed by atoms with Gasteiger partial charge in [-0.05, 0) is 24.1 Å². The smallest absolute Gasteiger partial charge is 0.320 e. The highest BCUT2D eigenvalue weighted by Gasteiger charge is 2.12. The lowest BCUT2D eigenvalue weighted by Crippen LogP contribution is -2.32. The predicted octanol–water partition coefficient (Wildman–Crippen LogP) is 0.913. The van der Waals surface area contributed by atoms with Crippen molar-refractivity contribution in [3.05, 3.63) is 29.8 Å². The summed E-state index contributed by atoms with van der Waals surface area (Å²) in [4.78, 5) is 10.6. The van der Waals surface area contributed by atoms with E-state index in [1.807, 2.05) is 0 Å².